The fourth-order valence-electron chi connectivity index (χ4n) is 3.76. The van der Waals surface area contributed by atoms with Crippen LogP contribution in [0.4, 0.5) is 0 Å². The number of aliphatic hydroxyl groups is 1. The van der Waals surface area contributed by atoms with E-state index in [2.05, 4.69) is 17.4 Å². The van der Waals surface area contributed by atoms with Crippen LogP contribution in [0.3, 0.4) is 0 Å². The monoisotopic (exact) mass is 467 g/mol. The van der Waals surface area contributed by atoms with Gasteiger partial charge in [-0.1, -0.05) is 24.3 Å². The molecule has 8 nitrogen and oxygen atoms in total. The third-order valence-electron chi connectivity index (χ3n) is 5.70. The fraction of sp³-hybridized carbons (Fsp3) is 0.385. The summed E-state index contributed by atoms with van der Waals surface area (Å²) in [5, 5.41) is 8.87. The van der Waals surface area contributed by atoms with Crippen molar-refractivity contribution in [3.63, 3.8) is 0 Å². The molecule has 34 heavy (non-hydrogen) atoms. The number of amides is 1. The highest BCUT2D eigenvalue weighted by atomic mass is 16.5. The zero-order valence-corrected chi connectivity index (χ0v) is 19.8. The molecule has 182 valence electrons. The number of nitrogens with one attached hydrogen (secondary N) is 2. The summed E-state index contributed by atoms with van der Waals surface area (Å²) in [6, 6.07) is 15.1. The molecule has 1 heterocycles. The number of aliphatic hydroxyl groups excluding tert-OH is 1. The molecule has 1 aliphatic rings. The van der Waals surface area contributed by atoms with Gasteiger partial charge in [0.25, 0.3) is 5.91 Å². The first kappa shape index (κ1) is 25.3. The second kappa shape index (κ2) is 12.2. The lowest BCUT2D eigenvalue weighted by Crippen LogP contribution is -2.54. The highest BCUT2D eigenvalue weighted by Gasteiger charge is 2.49. The van der Waals surface area contributed by atoms with E-state index in [1.807, 2.05) is 55.5 Å². The van der Waals surface area contributed by atoms with E-state index in [9.17, 15) is 4.79 Å². The molecular weight excluding hydrogens is 434 g/mol. The standard InChI is InChI=1S/C26H33N3O5/c1-4-15-26(25(31)29-27-16-14-20-8-5-6-9-23(20)32-3)19(2)34-24(28-26)21-10-12-22(13-11-21)33-18-7-17-30/h4-6,8-13,19,27,30H,1,7,14-18H2,2-3H3,(H,29,31)/t19-,26-/m0/s1. The van der Waals surface area contributed by atoms with Crippen LogP contribution >= 0.6 is 0 Å². The number of hydrogen-bond acceptors (Lipinski definition) is 7. The van der Waals surface area contributed by atoms with Crippen LogP contribution < -0.4 is 20.3 Å². The SMILES string of the molecule is C=CC[C@]1(C(=O)NNCCc2ccccc2OC)N=C(c2ccc(OCCCO)cc2)O[C@H]1C. The van der Waals surface area contributed by atoms with Crippen molar-refractivity contribution in [2.45, 2.75) is 37.8 Å². The number of hydrogen-bond donors (Lipinski definition) is 3. The van der Waals surface area contributed by atoms with Crippen LogP contribution in [0.15, 0.2) is 66.2 Å². The first-order valence-electron chi connectivity index (χ1n) is 11.4. The summed E-state index contributed by atoms with van der Waals surface area (Å²) < 4.78 is 16.9. The molecule has 0 spiro atoms. The van der Waals surface area contributed by atoms with E-state index < -0.39 is 11.6 Å². The Morgan fingerprint density at radius 3 is 2.74 bits per heavy atom. The van der Waals surface area contributed by atoms with E-state index in [1.165, 1.54) is 0 Å². The van der Waals surface area contributed by atoms with Gasteiger partial charge in [0.1, 0.15) is 17.6 Å². The minimum atomic E-state index is -1.12. The number of aliphatic imine (C=N–C) groups is 1. The van der Waals surface area contributed by atoms with E-state index in [1.54, 1.807) is 13.2 Å². The van der Waals surface area contributed by atoms with Gasteiger partial charge in [0.15, 0.2) is 5.54 Å². The van der Waals surface area contributed by atoms with Crippen molar-refractivity contribution in [2.24, 2.45) is 4.99 Å². The van der Waals surface area contributed by atoms with Gasteiger partial charge in [0.05, 0.1) is 13.7 Å². The van der Waals surface area contributed by atoms with Crippen LogP contribution in [0.5, 0.6) is 11.5 Å². The number of rotatable bonds is 13. The number of hydrazine groups is 1. The molecule has 0 fully saturated rings. The summed E-state index contributed by atoms with van der Waals surface area (Å²) >= 11 is 0. The van der Waals surface area contributed by atoms with E-state index in [4.69, 9.17) is 24.3 Å². The van der Waals surface area contributed by atoms with Gasteiger partial charge < -0.3 is 19.3 Å². The number of benzene rings is 2. The minimum Gasteiger partial charge on any atom is -0.496 e. The molecule has 0 aromatic heterocycles. The first-order chi connectivity index (χ1) is 16.5. The Morgan fingerprint density at radius 1 is 1.26 bits per heavy atom. The van der Waals surface area contributed by atoms with Gasteiger partial charge in [-0.2, -0.15) is 0 Å². The van der Waals surface area contributed by atoms with E-state index >= 15 is 0 Å². The van der Waals surface area contributed by atoms with Gasteiger partial charge >= 0.3 is 0 Å². The van der Waals surface area contributed by atoms with E-state index in [0.717, 1.165) is 16.9 Å². The lowest BCUT2D eigenvalue weighted by Gasteiger charge is -2.26. The number of para-hydroxylation sites is 1. The van der Waals surface area contributed by atoms with Gasteiger partial charge in [-0.25, -0.2) is 10.4 Å². The van der Waals surface area contributed by atoms with Gasteiger partial charge in [0.2, 0.25) is 5.90 Å². The van der Waals surface area contributed by atoms with Crippen molar-refractivity contribution < 1.29 is 24.1 Å². The molecule has 1 amide bonds. The Kier molecular flexibility index (Phi) is 9.07. The van der Waals surface area contributed by atoms with Crippen molar-refractivity contribution in [1.29, 1.82) is 0 Å². The van der Waals surface area contributed by atoms with Crippen LogP contribution in [0, 0.1) is 0 Å². The number of carbonyl (C=O) groups excluding carboxylic acids is 1. The minimum absolute atomic E-state index is 0.0867. The van der Waals surface area contributed by atoms with Gasteiger partial charge in [-0.15, -0.1) is 6.58 Å². The fourth-order valence-corrected chi connectivity index (χ4v) is 3.76. The normalized spacial score (nSPS) is 19.1. The summed E-state index contributed by atoms with van der Waals surface area (Å²) in [7, 11) is 1.64. The molecule has 0 saturated carbocycles. The highest BCUT2D eigenvalue weighted by molar-refractivity contribution is 6.00. The Morgan fingerprint density at radius 2 is 2.03 bits per heavy atom. The Balaban J connectivity index is 1.65. The van der Waals surface area contributed by atoms with Crippen LogP contribution in [0.1, 0.15) is 30.9 Å². The Hall–Kier alpha value is -3.36. The summed E-state index contributed by atoms with van der Waals surface area (Å²) in [6.07, 6.45) is 2.79. The highest BCUT2D eigenvalue weighted by Crippen LogP contribution is 2.32. The molecule has 0 aliphatic carbocycles. The summed E-state index contributed by atoms with van der Waals surface area (Å²) in [4.78, 5) is 17.9. The largest absolute Gasteiger partial charge is 0.496 e. The number of nitrogens with zero attached hydrogens (tertiary/aromatic N) is 1. The van der Waals surface area contributed by atoms with Gasteiger partial charge in [0, 0.05) is 31.6 Å². The smallest absolute Gasteiger partial charge is 0.266 e. The number of carbonyl (C=O) groups is 1. The Bertz CT molecular complexity index is 992. The molecule has 1 aliphatic heterocycles. The molecule has 2 atom stereocenters. The molecule has 3 N–H and O–H groups in total. The van der Waals surface area contributed by atoms with Crippen molar-refractivity contribution in [1.82, 2.24) is 10.9 Å². The van der Waals surface area contributed by atoms with Crippen LogP contribution in [-0.4, -0.2) is 55.4 Å². The van der Waals surface area contributed by atoms with Crippen molar-refractivity contribution in [2.75, 3.05) is 26.9 Å². The molecule has 2 aromatic carbocycles. The second-order valence-corrected chi connectivity index (χ2v) is 7.99. The zero-order chi connectivity index (χ0) is 24.4. The van der Waals surface area contributed by atoms with Gasteiger partial charge in [-0.05, 0) is 49.2 Å². The molecule has 8 heteroatoms. The molecule has 2 aromatic rings. The van der Waals surface area contributed by atoms with Gasteiger partial charge in [-0.3, -0.25) is 10.2 Å². The predicted octanol–water partition coefficient (Wildman–Crippen LogP) is 2.80. The first-order valence-corrected chi connectivity index (χ1v) is 11.4. The molecule has 0 unspecified atom stereocenters. The third-order valence-corrected chi connectivity index (χ3v) is 5.70. The van der Waals surface area contributed by atoms with Crippen LogP contribution in [0.2, 0.25) is 0 Å². The second-order valence-electron chi connectivity index (χ2n) is 7.99. The van der Waals surface area contributed by atoms with E-state index in [-0.39, 0.29) is 12.5 Å². The molecular formula is C26H33N3O5. The summed E-state index contributed by atoms with van der Waals surface area (Å²) in [6.45, 7) is 6.70. The average Bonchev–Trinajstić information content (AvgIpc) is 3.19. The molecule has 0 bridgehead atoms. The van der Waals surface area contributed by atoms with Crippen molar-refractivity contribution in [3.8, 4) is 11.5 Å². The molecule has 0 radical (unpaired) electrons. The summed E-state index contributed by atoms with van der Waals surface area (Å²) in [5.74, 6) is 1.63. The quantitative estimate of drug-likeness (QED) is 0.238. The predicted molar refractivity (Wildman–Crippen MR) is 131 cm³/mol. The van der Waals surface area contributed by atoms with Crippen molar-refractivity contribution >= 4 is 11.8 Å². The topological polar surface area (TPSA) is 101 Å². The third kappa shape index (κ3) is 5.95. The maximum absolute atomic E-state index is 13.2. The van der Waals surface area contributed by atoms with Crippen molar-refractivity contribution in [3.05, 3.63) is 72.3 Å². The average molecular weight is 468 g/mol. The molecule has 3 rings (SSSR count). The maximum atomic E-state index is 13.2. The summed E-state index contributed by atoms with van der Waals surface area (Å²) in [5.41, 5.74) is 6.48. The maximum Gasteiger partial charge on any atom is 0.266 e. The lowest BCUT2D eigenvalue weighted by molar-refractivity contribution is -0.129. The Labute approximate surface area is 200 Å². The lowest BCUT2D eigenvalue weighted by atomic mass is 9.90. The van der Waals surface area contributed by atoms with E-state index in [0.29, 0.717) is 44.1 Å². The molecule has 0 saturated heterocycles. The zero-order valence-electron chi connectivity index (χ0n) is 19.8. The van der Waals surface area contributed by atoms with Crippen LogP contribution in [0.25, 0.3) is 0 Å². The van der Waals surface area contributed by atoms with Crippen LogP contribution in [-0.2, 0) is 16.0 Å². The number of ether oxygens (including phenoxy) is 3. The number of methoxy groups -OCH3 is 1.